The Balaban J connectivity index is 1.45. The first-order chi connectivity index (χ1) is 17.8. The van der Waals surface area contributed by atoms with Crippen LogP contribution < -0.4 is 5.32 Å². The van der Waals surface area contributed by atoms with Crippen LogP contribution in [0.3, 0.4) is 0 Å². The van der Waals surface area contributed by atoms with E-state index in [-0.39, 0.29) is 18.1 Å². The number of esters is 1. The van der Waals surface area contributed by atoms with Crippen molar-refractivity contribution in [3.63, 3.8) is 0 Å². The number of rotatable bonds is 8. The van der Waals surface area contributed by atoms with Crippen LogP contribution in [0.15, 0.2) is 77.3 Å². The van der Waals surface area contributed by atoms with Gasteiger partial charge in [-0.15, -0.1) is 0 Å². The molecule has 0 aliphatic rings. The number of nitrogens with one attached hydrogen (secondary N) is 1. The van der Waals surface area contributed by atoms with Crippen LogP contribution >= 0.6 is 0 Å². The topological polar surface area (TPSA) is 111 Å². The van der Waals surface area contributed by atoms with E-state index in [1.165, 1.54) is 0 Å². The van der Waals surface area contributed by atoms with Gasteiger partial charge in [-0.25, -0.2) is 4.79 Å². The molecule has 4 rings (SSSR count). The third-order valence-electron chi connectivity index (χ3n) is 5.80. The number of hydrogen-bond donors (Lipinski definition) is 2. The van der Waals surface area contributed by atoms with Gasteiger partial charge in [0.2, 0.25) is 0 Å². The predicted octanol–water partition coefficient (Wildman–Crippen LogP) is 6.44. The van der Waals surface area contributed by atoms with E-state index in [9.17, 15) is 14.7 Å². The van der Waals surface area contributed by atoms with Crippen LogP contribution in [0.1, 0.15) is 36.8 Å². The molecule has 3 aromatic carbocycles. The molecule has 1 amide bonds. The van der Waals surface area contributed by atoms with Crippen molar-refractivity contribution in [3.8, 4) is 28.2 Å². The number of hydrogen-bond acceptors (Lipinski definition) is 7. The molecule has 0 aliphatic carbocycles. The second kappa shape index (κ2) is 11.4. The summed E-state index contributed by atoms with van der Waals surface area (Å²) in [5, 5.41) is 16.4. The first-order valence-corrected chi connectivity index (χ1v) is 11.9. The van der Waals surface area contributed by atoms with Gasteiger partial charge in [0, 0.05) is 5.56 Å². The molecule has 8 heteroatoms. The van der Waals surface area contributed by atoms with Gasteiger partial charge in [-0.05, 0) is 55.2 Å². The summed E-state index contributed by atoms with van der Waals surface area (Å²) in [5.74, 6) is 0.265. The lowest BCUT2D eigenvalue weighted by Crippen LogP contribution is -2.16. The van der Waals surface area contributed by atoms with Gasteiger partial charge >= 0.3 is 12.1 Å². The molecule has 1 aromatic heterocycles. The number of benzene rings is 3. The number of aromatic nitrogens is 1. The van der Waals surface area contributed by atoms with Gasteiger partial charge in [-0.2, -0.15) is 0 Å². The smallest absolute Gasteiger partial charge is 0.412 e. The number of amides is 1. The van der Waals surface area contributed by atoms with Crippen LogP contribution in [0.2, 0.25) is 0 Å². The van der Waals surface area contributed by atoms with Crippen molar-refractivity contribution < 1.29 is 28.7 Å². The molecule has 0 unspecified atom stereocenters. The summed E-state index contributed by atoms with van der Waals surface area (Å²) in [6, 6.07) is 21.9. The van der Waals surface area contributed by atoms with E-state index in [2.05, 4.69) is 10.5 Å². The van der Waals surface area contributed by atoms with Crippen molar-refractivity contribution in [3.05, 3.63) is 89.6 Å². The number of phenols is 1. The zero-order valence-corrected chi connectivity index (χ0v) is 20.9. The SMILES string of the molecule is CCOC(=O)Cc1ccc(-c2ccc(-c3onc(C)c3NC(=O)O[C@H](C)c3cccc(O)c3)cc2)cc1. The highest BCUT2D eigenvalue weighted by molar-refractivity contribution is 5.91. The van der Waals surface area contributed by atoms with E-state index in [1.54, 1.807) is 45.0 Å². The number of nitrogens with zero attached hydrogens (tertiary/aromatic N) is 1. The largest absolute Gasteiger partial charge is 0.508 e. The lowest BCUT2D eigenvalue weighted by atomic mass is 10.0. The third-order valence-corrected chi connectivity index (χ3v) is 5.80. The molecule has 0 spiro atoms. The Morgan fingerprint density at radius 2 is 1.65 bits per heavy atom. The Hall–Kier alpha value is -4.59. The number of phenolic OH excluding ortho intramolecular Hbond substituents is 1. The molecule has 37 heavy (non-hydrogen) atoms. The molecule has 190 valence electrons. The number of aryl methyl sites for hydroxylation is 1. The first kappa shape index (κ1) is 25.5. The van der Waals surface area contributed by atoms with E-state index in [4.69, 9.17) is 14.0 Å². The van der Waals surface area contributed by atoms with Gasteiger partial charge in [0.1, 0.15) is 23.2 Å². The van der Waals surface area contributed by atoms with Crippen molar-refractivity contribution >= 4 is 17.7 Å². The summed E-state index contributed by atoms with van der Waals surface area (Å²) in [6.07, 6.45) is -0.996. The van der Waals surface area contributed by atoms with Gasteiger partial charge in [0.25, 0.3) is 0 Å². The normalized spacial score (nSPS) is 11.5. The summed E-state index contributed by atoms with van der Waals surface area (Å²) in [7, 11) is 0. The number of aromatic hydroxyl groups is 1. The van der Waals surface area contributed by atoms with Crippen molar-refractivity contribution in [2.24, 2.45) is 0 Å². The molecule has 0 radical (unpaired) electrons. The molecular weight excluding hydrogens is 472 g/mol. The molecule has 1 heterocycles. The molecule has 0 fully saturated rings. The second-order valence-corrected chi connectivity index (χ2v) is 8.50. The lowest BCUT2D eigenvalue weighted by molar-refractivity contribution is -0.142. The summed E-state index contributed by atoms with van der Waals surface area (Å²) >= 11 is 0. The Kier molecular flexibility index (Phi) is 7.88. The summed E-state index contributed by atoms with van der Waals surface area (Å²) < 4.78 is 16.0. The first-order valence-electron chi connectivity index (χ1n) is 11.9. The number of carbonyl (C=O) groups is 2. The van der Waals surface area contributed by atoms with Gasteiger partial charge in [-0.1, -0.05) is 65.8 Å². The van der Waals surface area contributed by atoms with E-state index in [1.807, 2.05) is 48.5 Å². The minimum atomic E-state index is -0.664. The average Bonchev–Trinajstić information content (AvgIpc) is 3.24. The van der Waals surface area contributed by atoms with Crippen LogP contribution in [0.5, 0.6) is 5.75 Å². The highest BCUT2D eigenvalue weighted by Crippen LogP contribution is 2.33. The summed E-state index contributed by atoms with van der Waals surface area (Å²) in [5.41, 5.74) is 5.20. The van der Waals surface area contributed by atoms with Gasteiger partial charge < -0.3 is 19.1 Å². The number of anilines is 1. The minimum absolute atomic E-state index is 0.0987. The molecule has 0 saturated heterocycles. The van der Waals surface area contributed by atoms with Crippen molar-refractivity contribution in [2.45, 2.75) is 33.3 Å². The van der Waals surface area contributed by atoms with E-state index < -0.39 is 12.2 Å². The molecule has 4 aromatic rings. The third kappa shape index (κ3) is 6.35. The maximum Gasteiger partial charge on any atom is 0.412 e. The van der Waals surface area contributed by atoms with E-state index in [0.29, 0.717) is 29.3 Å². The maximum absolute atomic E-state index is 12.6. The van der Waals surface area contributed by atoms with Crippen molar-refractivity contribution in [1.29, 1.82) is 0 Å². The average molecular weight is 501 g/mol. The maximum atomic E-state index is 12.6. The van der Waals surface area contributed by atoms with Crippen LogP contribution in [0, 0.1) is 6.92 Å². The standard InChI is InChI=1S/C29H28N2O6/c1-4-35-26(33)16-20-8-10-21(11-9-20)22-12-14-23(15-13-22)28-27(18(2)31-37-28)30-29(34)36-19(3)24-6-5-7-25(32)17-24/h5-15,17,19,32H,4,16H2,1-3H3,(H,30,34)/t19-/m1/s1. The highest BCUT2D eigenvalue weighted by Gasteiger charge is 2.20. The molecule has 1 atom stereocenters. The Labute approximate surface area is 214 Å². The molecule has 2 N–H and O–H groups in total. The lowest BCUT2D eigenvalue weighted by Gasteiger charge is -2.14. The Bertz CT molecular complexity index is 1380. The van der Waals surface area contributed by atoms with E-state index in [0.717, 1.165) is 22.3 Å². The number of ether oxygens (including phenoxy) is 2. The van der Waals surface area contributed by atoms with Crippen LogP contribution in [0.25, 0.3) is 22.5 Å². The second-order valence-electron chi connectivity index (χ2n) is 8.50. The Morgan fingerprint density at radius 3 is 2.30 bits per heavy atom. The molecular formula is C29H28N2O6. The fourth-order valence-electron chi connectivity index (χ4n) is 3.86. The minimum Gasteiger partial charge on any atom is -0.508 e. The predicted molar refractivity (Wildman–Crippen MR) is 139 cm³/mol. The fraction of sp³-hybridized carbons (Fsp3) is 0.207. The fourth-order valence-corrected chi connectivity index (χ4v) is 3.86. The molecule has 0 bridgehead atoms. The van der Waals surface area contributed by atoms with E-state index >= 15 is 0 Å². The van der Waals surface area contributed by atoms with Crippen molar-refractivity contribution in [2.75, 3.05) is 11.9 Å². The van der Waals surface area contributed by atoms with Gasteiger partial charge in [0.15, 0.2) is 5.76 Å². The van der Waals surface area contributed by atoms with Crippen LogP contribution in [0.4, 0.5) is 10.5 Å². The monoisotopic (exact) mass is 500 g/mol. The molecule has 8 nitrogen and oxygen atoms in total. The molecule has 0 aliphatic heterocycles. The zero-order valence-electron chi connectivity index (χ0n) is 20.9. The van der Waals surface area contributed by atoms with Crippen LogP contribution in [-0.2, 0) is 20.7 Å². The van der Waals surface area contributed by atoms with Gasteiger partial charge in [-0.3, -0.25) is 10.1 Å². The highest BCUT2D eigenvalue weighted by atomic mass is 16.6. The van der Waals surface area contributed by atoms with Crippen molar-refractivity contribution in [1.82, 2.24) is 5.16 Å². The Morgan fingerprint density at radius 1 is 1.00 bits per heavy atom. The summed E-state index contributed by atoms with van der Waals surface area (Å²) in [4.78, 5) is 24.3. The van der Waals surface area contributed by atoms with Gasteiger partial charge in [0.05, 0.1) is 13.0 Å². The summed E-state index contributed by atoms with van der Waals surface area (Å²) in [6.45, 7) is 5.60. The van der Waals surface area contributed by atoms with Crippen LogP contribution in [-0.4, -0.2) is 28.9 Å². The molecule has 0 saturated carbocycles. The quantitative estimate of drug-likeness (QED) is 0.268. The number of carbonyl (C=O) groups excluding carboxylic acids is 2. The zero-order chi connectivity index (χ0) is 26.4.